The fourth-order valence-corrected chi connectivity index (χ4v) is 4.89. The SMILES string of the molecule is CCN1C[C@H](c2ccccc2)CC2(CCN(C(=O)c3ccccn3)CC2)C1. The Labute approximate surface area is 162 Å². The van der Waals surface area contributed by atoms with Gasteiger partial charge in [0.2, 0.25) is 0 Å². The highest BCUT2D eigenvalue weighted by molar-refractivity contribution is 5.92. The molecule has 4 heteroatoms. The summed E-state index contributed by atoms with van der Waals surface area (Å²) in [5.41, 5.74) is 2.35. The van der Waals surface area contributed by atoms with Gasteiger partial charge in [0.05, 0.1) is 0 Å². The third-order valence-electron chi connectivity index (χ3n) is 6.43. The Kier molecular flexibility index (Phi) is 5.26. The Morgan fingerprint density at radius 3 is 2.52 bits per heavy atom. The zero-order valence-corrected chi connectivity index (χ0v) is 16.2. The predicted octanol–water partition coefficient (Wildman–Crippen LogP) is 3.81. The normalized spacial score (nSPS) is 22.7. The van der Waals surface area contributed by atoms with Gasteiger partial charge in [-0.25, -0.2) is 0 Å². The van der Waals surface area contributed by atoms with Crippen LogP contribution in [0.5, 0.6) is 0 Å². The van der Waals surface area contributed by atoms with Gasteiger partial charge in [-0.1, -0.05) is 43.3 Å². The third-order valence-corrected chi connectivity index (χ3v) is 6.43. The Hall–Kier alpha value is -2.20. The summed E-state index contributed by atoms with van der Waals surface area (Å²) in [6.07, 6.45) is 5.11. The molecule has 2 aromatic rings. The zero-order chi connectivity index (χ0) is 18.7. The van der Waals surface area contributed by atoms with Gasteiger partial charge in [0.1, 0.15) is 5.69 Å². The van der Waals surface area contributed by atoms with Crippen LogP contribution in [0.25, 0.3) is 0 Å². The van der Waals surface area contributed by atoms with E-state index in [1.807, 2.05) is 23.1 Å². The lowest BCUT2D eigenvalue weighted by molar-refractivity contribution is 0.0156. The van der Waals surface area contributed by atoms with E-state index >= 15 is 0 Å². The standard InChI is InChI=1S/C23H29N3O/c1-2-25-17-20(19-8-4-3-5-9-19)16-23(18-25)11-14-26(15-12-23)22(27)21-10-6-7-13-24-21/h3-10,13,20H,2,11-12,14-18H2,1H3/t20-/m1/s1. The third kappa shape index (κ3) is 3.91. The molecule has 0 unspecified atom stereocenters. The highest BCUT2D eigenvalue weighted by atomic mass is 16.2. The molecular weight excluding hydrogens is 334 g/mol. The Morgan fingerprint density at radius 2 is 1.85 bits per heavy atom. The number of nitrogens with zero attached hydrogens (tertiary/aromatic N) is 3. The molecule has 0 radical (unpaired) electrons. The van der Waals surface area contributed by atoms with Crippen molar-refractivity contribution in [2.75, 3.05) is 32.7 Å². The maximum absolute atomic E-state index is 12.7. The summed E-state index contributed by atoms with van der Waals surface area (Å²) in [4.78, 5) is 21.6. The van der Waals surface area contributed by atoms with E-state index in [0.717, 1.165) is 39.0 Å². The van der Waals surface area contributed by atoms with Gasteiger partial charge < -0.3 is 9.80 Å². The minimum absolute atomic E-state index is 0.0771. The first-order chi connectivity index (χ1) is 13.2. The molecule has 27 heavy (non-hydrogen) atoms. The van der Waals surface area contributed by atoms with Gasteiger partial charge in [0, 0.05) is 32.4 Å². The van der Waals surface area contributed by atoms with Crippen molar-refractivity contribution in [2.45, 2.75) is 32.1 Å². The average Bonchev–Trinajstić information content (AvgIpc) is 2.75. The number of hydrogen-bond acceptors (Lipinski definition) is 3. The van der Waals surface area contributed by atoms with Crippen LogP contribution in [0.15, 0.2) is 54.7 Å². The van der Waals surface area contributed by atoms with E-state index in [-0.39, 0.29) is 5.91 Å². The van der Waals surface area contributed by atoms with Crippen molar-refractivity contribution in [1.29, 1.82) is 0 Å². The number of rotatable bonds is 3. The molecule has 1 amide bonds. The van der Waals surface area contributed by atoms with Crippen molar-refractivity contribution in [2.24, 2.45) is 5.41 Å². The van der Waals surface area contributed by atoms with Crippen LogP contribution in [0, 0.1) is 5.41 Å². The number of pyridine rings is 1. The van der Waals surface area contributed by atoms with E-state index in [0.29, 0.717) is 17.0 Å². The molecule has 3 heterocycles. The fraction of sp³-hybridized carbons (Fsp3) is 0.478. The molecule has 2 aliphatic heterocycles. The first-order valence-electron chi connectivity index (χ1n) is 10.2. The minimum atomic E-state index is 0.0771. The lowest BCUT2D eigenvalue weighted by Crippen LogP contribution is -2.52. The lowest BCUT2D eigenvalue weighted by Gasteiger charge is -2.50. The highest BCUT2D eigenvalue weighted by Crippen LogP contribution is 2.45. The van der Waals surface area contributed by atoms with Crippen molar-refractivity contribution in [3.8, 4) is 0 Å². The summed E-state index contributed by atoms with van der Waals surface area (Å²) < 4.78 is 0. The number of benzene rings is 1. The lowest BCUT2D eigenvalue weighted by atomic mass is 9.68. The van der Waals surface area contributed by atoms with Crippen molar-refractivity contribution in [3.05, 3.63) is 66.0 Å². The molecule has 1 aromatic carbocycles. The molecule has 0 bridgehead atoms. The van der Waals surface area contributed by atoms with Gasteiger partial charge in [-0.2, -0.15) is 0 Å². The quantitative estimate of drug-likeness (QED) is 0.832. The van der Waals surface area contributed by atoms with Crippen molar-refractivity contribution >= 4 is 5.91 Å². The molecule has 0 N–H and O–H groups in total. The van der Waals surface area contributed by atoms with Crippen molar-refractivity contribution in [1.82, 2.24) is 14.8 Å². The second kappa shape index (κ2) is 7.81. The fourth-order valence-electron chi connectivity index (χ4n) is 4.89. The van der Waals surface area contributed by atoms with Gasteiger partial charge >= 0.3 is 0 Å². The zero-order valence-electron chi connectivity index (χ0n) is 16.2. The van der Waals surface area contributed by atoms with E-state index in [4.69, 9.17) is 0 Å². The van der Waals surface area contributed by atoms with Crippen LogP contribution < -0.4 is 0 Å². The van der Waals surface area contributed by atoms with Crippen LogP contribution >= 0.6 is 0 Å². The number of hydrogen-bond donors (Lipinski definition) is 0. The topological polar surface area (TPSA) is 36.4 Å². The number of carbonyl (C=O) groups excluding carboxylic acids is 1. The number of carbonyl (C=O) groups is 1. The number of likely N-dealkylation sites (tertiary alicyclic amines) is 2. The second-order valence-corrected chi connectivity index (χ2v) is 8.15. The Balaban J connectivity index is 1.46. The molecule has 2 saturated heterocycles. The maximum atomic E-state index is 12.7. The molecule has 2 aliphatic rings. The Bertz CT molecular complexity index is 754. The van der Waals surface area contributed by atoms with E-state index in [1.54, 1.807) is 6.20 Å². The molecule has 1 atom stereocenters. The number of piperidine rings is 2. The van der Waals surface area contributed by atoms with Crippen LogP contribution in [0.2, 0.25) is 0 Å². The van der Waals surface area contributed by atoms with Gasteiger partial charge in [0.25, 0.3) is 5.91 Å². The largest absolute Gasteiger partial charge is 0.337 e. The van der Waals surface area contributed by atoms with Gasteiger partial charge in [-0.05, 0) is 54.8 Å². The molecule has 4 nitrogen and oxygen atoms in total. The first kappa shape index (κ1) is 18.2. The van der Waals surface area contributed by atoms with Gasteiger partial charge in [-0.15, -0.1) is 0 Å². The second-order valence-electron chi connectivity index (χ2n) is 8.15. The van der Waals surface area contributed by atoms with E-state index in [9.17, 15) is 4.79 Å². The molecular formula is C23H29N3O. The molecule has 1 aromatic heterocycles. The van der Waals surface area contributed by atoms with E-state index in [1.165, 1.54) is 18.5 Å². The summed E-state index contributed by atoms with van der Waals surface area (Å²) in [6, 6.07) is 16.5. The summed E-state index contributed by atoms with van der Waals surface area (Å²) in [6.45, 7) is 7.36. The average molecular weight is 364 g/mol. The van der Waals surface area contributed by atoms with Crippen molar-refractivity contribution < 1.29 is 4.79 Å². The predicted molar refractivity (Wildman–Crippen MR) is 108 cm³/mol. The van der Waals surface area contributed by atoms with Crippen LogP contribution in [-0.4, -0.2) is 53.4 Å². The molecule has 1 spiro atoms. The molecule has 2 fully saturated rings. The smallest absolute Gasteiger partial charge is 0.272 e. The number of likely N-dealkylation sites (N-methyl/N-ethyl adjacent to an activating group) is 1. The van der Waals surface area contributed by atoms with E-state index < -0.39 is 0 Å². The summed E-state index contributed by atoms with van der Waals surface area (Å²) in [5, 5.41) is 0. The van der Waals surface area contributed by atoms with Crippen LogP contribution in [0.1, 0.15) is 48.2 Å². The van der Waals surface area contributed by atoms with Crippen molar-refractivity contribution in [3.63, 3.8) is 0 Å². The highest BCUT2D eigenvalue weighted by Gasteiger charge is 2.42. The summed E-state index contributed by atoms with van der Waals surface area (Å²) in [7, 11) is 0. The van der Waals surface area contributed by atoms with Crippen LogP contribution in [0.4, 0.5) is 0 Å². The van der Waals surface area contributed by atoms with Gasteiger partial charge in [-0.3, -0.25) is 9.78 Å². The molecule has 0 saturated carbocycles. The molecule has 142 valence electrons. The monoisotopic (exact) mass is 363 g/mol. The first-order valence-corrected chi connectivity index (χ1v) is 10.2. The van der Waals surface area contributed by atoms with Crippen LogP contribution in [-0.2, 0) is 0 Å². The van der Waals surface area contributed by atoms with Crippen LogP contribution in [0.3, 0.4) is 0 Å². The number of aromatic nitrogens is 1. The summed E-state index contributed by atoms with van der Waals surface area (Å²) >= 11 is 0. The van der Waals surface area contributed by atoms with Gasteiger partial charge in [0.15, 0.2) is 0 Å². The number of amides is 1. The maximum Gasteiger partial charge on any atom is 0.272 e. The van der Waals surface area contributed by atoms with E-state index in [2.05, 4.69) is 47.1 Å². The Morgan fingerprint density at radius 1 is 1.11 bits per heavy atom. The summed E-state index contributed by atoms with van der Waals surface area (Å²) in [5.74, 6) is 0.672. The molecule has 0 aliphatic carbocycles. The minimum Gasteiger partial charge on any atom is -0.337 e. The molecule has 4 rings (SSSR count).